The Kier molecular flexibility index (Phi) is 4.71. The highest BCUT2D eigenvalue weighted by atomic mass is 16.5. The molecule has 0 aromatic heterocycles. The van der Waals surface area contributed by atoms with Crippen LogP contribution in [0.3, 0.4) is 0 Å². The molecule has 1 saturated heterocycles. The van der Waals surface area contributed by atoms with Gasteiger partial charge < -0.3 is 14.8 Å². The lowest BCUT2D eigenvalue weighted by Crippen LogP contribution is -2.45. The van der Waals surface area contributed by atoms with Gasteiger partial charge in [0.1, 0.15) is 0 Å². The van der Waals surface area contributed by atoms with Crippen LogP contribution in [0.25, 0.3) is 0 Å². The lowest BCUT2D eigenvalue weighted by molar-refractivity contribution is -0.0716. The first-order valence-corrected chi connectivity index (χ1v) is 6.21. The van der Waals surface area contributed by atoms with Crippen molar-refractivity contribution in [3.8, 4) is 6.07 Å². The third-order valence-corrected chi connectivity index (χ3v) is 2.88. The van der Waals surface area contributed by atoms with Crippen LogP contribution in [-0.4, -0.2) is 31.9 Å². The second-order valence-corrected chi connectivity index (χ2v) is 4.55. The molecule has 18 heavy (non-hydrogen) atoms. The second-order valence-electron chi connectivity index (χ2n) is 4.55. The molecule has 4 heteroatoms. The van der Waals surface area contributed by atoms with Crippen molar-refractivity contribution in [2.24, 2.45) is 0 Å². The molecule has 2 rings (SSSR count). The number of rotatable bonds is 4. The summed E-state index contributed by atoms with van der Waals surface area (Å²) in [6, 6.07) is 9.54. The van der Waals surface area contributed by atoms with Crippen LogP contribution in [0.5, 0.6) is 0 Å². The van der Waals surface area contributed by atoms with Crippen LogP contribution < -0.4 is 5.32 Å². The molecule has 1 aromatic rings. The molecule has 0 radical (unpaired) electrons. The predicted octanol–water partition coefficient (Wildman–Crippen LogP) is 1.45. The lowest BCUT2D eigenvalue weighted by atomic mass is 10.2. The maximum absolute atomic E-state index is 8.69. The maximum atomic E-state index is 8.69. The summed E-state index contributed by atoms with van der Waals surface area (Å²) in [6.45, 7) is 4.96. The van der Waals surface area contributed by atoms with Gasteiger partial charge in [-0.25, -0.2) is 0 Å². The number of nitriles is 1. The van der Waals surface area contributed by atoms with Gasteiger partial charge in [0, 0.05) is 13.1 Å². The van der Waals surface area contributed by atoms with E-state index >= 15 is 0 Å². The highest BCUT2D eigenvalue weighted by Crippen LogP contribution is 2.07. The number of benzene rings is 1. The predicted molar refractivity (Wildman–Crippen MR) is 68.0 cm³/mol. The highest BCUT2D eigenvalue weighted by molar-refractivity contribution is 5.31. The zero-order valence-electron chi connectivity index (χ0n) is 10.6. The Balaban J connectivity index is 1.72. The van der Waals surface area contributed by atoms with Gasteiger partial charge in [0.25, 0.3) is 0 Å². The van der Waals surface area contributed by atoms with Crippen LogP contribution in [-0.2, 0) is 16.1 Å². The fourth-order valence-electron chi connectivity index (χ4n) is 1.95. The van der Waals surface area contributed by atoms with E-state index in [1.165, 1.54) is 0 Å². The Hall–Kier alpha value is -1.41. The van der Waals surface area contributed by atoms with Gasteiger partial charge in [-0.1, -0.05) is 12.1 Å². The molecule has 0 bridgehead atoms. The minimum absolute atomic E-state index is 0.132. The SMILES string of the molecule is CC1CNCC(COCc2ccc(C#N)cc2)O1. The molecule has 1 aliphatic rings. The summed E-state index contributed by atoms with van der Waals surface area (Å²) >= 11 is 0. The highest BCUT2D eigenvalue weighted by Gasteiger charge is 2.18. The van der Waals surface area contributed by atoms with Crippen molar-refractivity contribution in [1.82, 2.24) is 5.32 Å². The number of nitrogens with zero attached hydrogens (tertiary/aromatic N) is 1. The standard InChI is InChI=1S/C14H18N2O2/c1-11-7-16-8-14(18-11)10-17-9-13-4-2-12(6-15)3-5-13/h2-5,11,14,16H,7-10H2,1H3. The van der Waals surface area contributed by atoms with E-state index in [2.05, 4.69) is 18.3 Å². The van der Waals surface area contributed by atoms with E-state index in [0.29, 0.717) is 18.8 Å². The Bertz CT molecular complexity index is 411. The number of hydrogen-bond acceptors (Lipinski definition) is 4. The molecule has 0 saturated carbocycles. The van der Waals surface area contributed by atoms with Crippen LogP contribution in [0.1, 0.15) is 18.1 Å². The average Bonchev–Trinajstić information content (AvgIpc) is 2.40. The first kappa shape index (κ1) is 13.0. The van der Waals surface area contributed by atoms with Crippen molar-refractivity contribution in [3.05, 3.63) is 35.4 Å². The second kappa shape index (κ2) is 6.50. The Morgan fingerprint density at radius 2 is 2.17 bits per heavy atom. The first-order chi connectivity index (χ1) is 8.78. The van der Waals surface area contributed by atoms with E-state index in [1.54, 1.807) is 12.1 Å². The Labute approximate surface area is 108 Å². The number of morpholine rings is 1. The summed E-state index contributed by atoms with van der Waals surface area (Å²) in [5.74, 6) is 0. The van der Waals surface area contributed by atoms with Crippen LogP contribution in [0.2, 0.25) is 0 Å². The van der Waals surface area contributed by atoms with E-state index < -0.39 is 0 Å². The van der Waals surface area contributed by atoms with Crippen LogP contribution in [0, 0.1) is 11.3 Å². The zero-order valence-corrected chi connectivity index (χ0v) is 10.6. The molecule has 0 spiro atoms. The van der Waals surface area contributed by atoms with Gasteiger partial charge in [-0.05, 0) is 24.6 Å². The fourth-order valence-corrected chi connectivity index (χ4v) is 1.95. The fraction of sp³-hybridized carbons (Fsp3) is 0.500. The summed E-state index contributed by atoms with van der Waals surface area (Å²) < 4.78 is 11.4. The molecule has 1 aliphatic heterocycles. The molecule has 1 N–H and O–H groups in total. The van der Waals surface area contributed by atoms with E-state index in [1.807, 2.05) is 12.1 Å². The van der Waals surface area contributed by atoms with Crippen molar-refractivity contribution >= 4 is 0 Å². The van der Waals surface area contributed by atoms with Gasteiger partial charge in [0.2, 0.25) is 0 Å². The third kappa shape index (κ3) is 3.81. The quantitative estimate of drug-likeness (QED) is 0.873. The molecular formula is C14H18N2O2. The molecule has 1 fully saturated rings. The Morgan fingerprint density at radius 1 is 1.39 bits per heavy atom. The minimum Gasteiger partial charge on any atom is -0.374 e. The van der Waals surface area contributed by atoms with Gasteiger partial charge >= 0.3 is 0 Å². The van der Waals surface area contributed by atoms with E-state index in [-0.39, 0.29) is 12.2 Å². The van der Waals surface area contributed by atoms with E-state index in [0.717, 1.165) is 18.7 Å². The number of hydrogen-bond donors (Lipinski definition) is 1. The molecule has 1 heterocycles. The summed E-state index contributed by atoms with van der Waals surface area (Å²) in [4.78, 5) is 0. The summed E-state index contributed by atoms with van der Waals surface area (Å²) in [5.41, 5.74) is 1.75. The van der Waals surface area contributed by atoms with Gasteiger partial charge in [-0.2, -0.15) is 5.26 Å². The van der Waals surface area contributed by atoms with Gasteiger partial charge in [-0.15, -0.1) is 0 Å². The van der Waals surface area contributed by atoms with Gasteiger partial charge in [-0.3, -0.25) is 0 Å². The zero-order chi connectivity index (χ0) is 12.8. The van der Waals surface area contributed by atoms with Gasteiger partial charge in [0.15, 0.2) is 0 Å². The third-order valence-electron chi connectivity index (χ3n) is 2.88. The smallest absolute Gasteiger partial charge is 0.0991 e. The van der Waals surface area contributed by atoms with Crippen molar-refractivity contribution < 1.29 is 9.47 Å². The molecule has 1 aromatic carbocycles. The monoisotopic (exact) mass is 246 g/mol. The summed E-state index contributed by atoms with van der Waals surface area (Å²) in [7, 11) is 0. The summed E-state index contributed by atoms with van der Waals surface area (Å²) in [6.07, 6.45) is 0.384. The molecule has 0 aliphatic carbocycles. The van der Waals surface area contributed by atoms with E-state index in [9.17, 15) is 0 Å². The van der Waals surface area contributed by atoms with Crippen molar-refractivity contribution in [1.29, 1.82) is 5.26 Å². The van der Waals surface area contributed by atoms with E-state index in [4.69, 9.17) is 14.7 Å². The Morgan fingerprint density at radius 3 is 2.83 bits per heavy atom. The topological polar surface area (TPSA) is 54.3 Å². The number of nitrogens with one attached hydrogen (secondary N) is 1. The molecular weight excluding hydrogens is 228 g/mol. The average molecular weight is 246 g/mol. The van der Waals surface area contributed by atoms with Crippen molar-refractivity contribution in [2.45, 2.75) is 25.7 Å². The maximum Gasteiger partial charge on any atom is 0.0991 e. The number of ether oxygens (including phenoxy) is 2. The van der Waals surface area contributed by atoms with Crippen LogP contribution >= 0.6 is 0 Å². The molecule has 2 atom stereocenters. The van der Waals surface area contributed by atoms with Gasteiger partial charge in [0.05, 0.1) is 37.1 Å². The molecule has 96 valence electrons. The minimum atomic E-state index is 0.132. The summed E-state index contributed by atoms with van der Waals surface area (Å²) in [5, 5.41) is 12.0. The molecule has 4 nitrogen and oxygen atoms in total. The lowest BCUT2D eigenvalue weighted by Gasteiger charge is -2.28. The van der Waals surface area contributed by atoms with Crippen LogP contribution in [0.4, 0.5) is 0 Å². The van der Waals surface area contributed by atoms with Crippen molar-refractivity contribution in [3.63, 3.8) is 0 Å². The first-order valence-electron chi connectivity index (χ1n) is 6.21. The largest absolute Gasteiger partial charge is 0.374 e. The molecule has 0 amide bonds. The van der Waals surface area contributed by atoms with Crippen LogP contribution in [0.15, 0.2) is 24.3 Å². The normalized spacial score (nSPS) is 23.6. The molecule has 2 unspecified atom stereocenters. The van der Waals surface area contributed by atoms with Crippen molar-refractivity contribution in [2.75, 3.05) is 19.7 Å².